The molecule has 2 amide bonds. The first kappa shape index (κ1) is 16.6. The van der Waals surface area contributed by atoms with Crippen LogP contribution in [0, 0.1) is 0 Å². The van der Waals surface area contributed by atoms with Gasteiger partial charge in [0.25, 0.3) is 5.91 Å². The highest BCUT2D eigenvalue weighted by Gasteiger charge is 2.32. The lowest BCUT2D eigenvalue weighted by molar-refractivity contribution is -0.117. The molecular formula is C17H22N6O3. The number of anilines is 1. The van der Waals surface area contributed by atoms with E-state index >= 15 is 0 Å². The Labute approximate surface area is 151 Å². The summed E-state index contributed by atoms with van der Waals surface area (Å²) in [6.45, 7) is 1.98. The number of ether oxygens (including phenoxy) is 1. The molecule has 2 aromatic heterocycles. The first-order valence-electron chi connectivity index (χ1n) is 8.78. The van der Waals surface area contributed by atoms with Crippen molar-refractivity contribution in [3.05, 3.63) is 24.2 Å². The molecular weight excluding hydrogens is 336 g/mol. The van der Waals surface area contributed by atoms with Gasteiger partial charge < -0.3 is 14.5 Å². The van der Waals surface area contributed by atoms with E-state index in [2.05, 4.69) is 10.2 Å². The van der Waals surface area contributed by atoms with Crippen LogP contribution in [0.25, 0.3) is 0 Å². The van der Waals surface area contributed by atoms with Crippen LogP contribution >= 0.6 is 0 Å². The van der Waals surface area contributed by atoms with Crippen molar-refractivity contribution in [1.82, 2.24) is 24.5 Å². The van der Waals surface area contributed by atoms with Gasteiger partial charge in [0, 0.05) is 45.5 Å². The van der Waals surface area contributed by atoms with Crippen molar-refractivity contribution in [2.24, 2.45) is 7.05 Å². The fraction of sp³-hybridized carbons (Fsp3) is 0.529. The molecule has 9 nitrogen and oxygen atoms in total. The number of rotatable bonds is 4. The van der Waals surface area contributed by atoms with Crippen LogP contribution in [0.15, 0.2) is 18.6 Å². The van der Waals surface area contributed by atoms with Gasteiger partial charge in [0.15, 0.2) is 0 Å². The van der Waals surface area contributed by atoms with Crippen molar-refractivity contribution in [3.8, 4) is 5.88 Å². The fourth-order valence-electron chi connectivity index (χ4n) is 3.67. The Morgan fingerprint density at radius 1 is 1.31 bits per heavy atom. The monoisotopic (exact) mass is 358 g/mol. The minimum atomic E-state index is -0.0837. The van der Waals surface area contributed by atoms with Crippen LogP contribution in [0.2, 0.25) is 0 Å². The second-order valence-electron chi connectivity index (χ2n) is 6.75. The van der Waals surface area contributed by atoms with Crippen LogP contribution in [0.3, 0.4) is 0 Å². The third kappa shape index (κ3) is 2.83. The Morgan fingerprint density at radius 3 is 2.88 bits per heavy atom. The largest absolute Gasteiger partial charge is 0.479 e. The fourth-order valence-corrected chi connectivity index (χ4v) is 3.67. The van der Waals surface area contributed by atoms with Gasteiger partial charge >= 0.3 is 0 Å². The molecule has 0 radical (unpaired) electrons. The Kier molecular flexibility index (Phi) is 4.14. The molecule has 138 valence electrons. The molecule has 0 N–H and O–H groups in total. The molecule has 1 unspecified atom stereocenters. The number of amides is 2. The van der Waals surface area contributed by atoms with E-state index in [9.17, 15) is 9.59 Å². The van der Waals surface area contributed by atoms with Gasteiger partial charge in [-0.1, -0.05) is 0 Å². The number of methoxy groups -OCH3 is 1. The highest BCUT2D eigenvalue weighted by atomic mass is 16.5. The van der Waals surface area contributed by atoms with E-state index < -0.39 is 0 Å². The van der Waals surface area contributed by atoms with Gasteiger partial charge in [-0.15, -0.1) is 5.10 Å². The molecule has 2 aliphatic heterocycles. The average molecular weight is 358 g/mol. The Morgan fingerprint density at radius 2 is 2.15 bits per heavy atom. The number of carbonyl (C=O) groups excluding carboxylic acids is 2. The van der Waals surface area contributed by atoms with Gasteiger partial charge in [0.05, 0.1) is 25.0 Å². The van der Waals surface area contributed by atoms with Crippen LogP contribution in [-0.4, -0.2) is 63.0 Å². The molecule has 1 atom stereocenters. The number of aromatic nitrogens is 4. The third-order valence-electron chi connectivity index (χ3n) is 5.02. The van der Waals surface area contributed by atoms with E-state index in [0.717, 1.165) is 25.1 Å². The molecule has 0 spiro atoms. The molecule has 26 heavy (non-hydrogen) atoms. The van der Waals surface area contributed by atoms with E-state index in [1.807, 2.05) is 10.9 Å². The molecule has 0 aliphatic carbocycles. The van der Waals surface area contributed by atoms with Gasteiger partial charge in [-0.3, -0.25) is 19.0 Å². The van der Waals surface area contributed by atoms with E-state index in [4.69, 9.17) is 4.74 Å². The number of nitrogens with zero attached hydrogens (tertiary/aromatic N) is 6. The maximum atomic E-state index is 12.8. The minimum absolute atomic E-state index is 0.0837. The third-order valence-corrected chi connectivity index (χ3v) is 5.02. The molecule has 2 aromatic rings. The number of aryl methyl sites for hydroxylation is 1. The van der Waals surface area contributed by atoms with E-state index in [1.165, 1.54) is 7.11 Å². The van der Waals surface area contributed by atoms with Gasteiger partial charge in [-0.05, 0) is 12.8 Å². The normalized spacial score (nSPS) is 20.2. The molecule has 9 heteroatoms. The van der Waals surface area contributed by atoms with Gasteiger partial charge in [-0.2, -0.15) is 5.10 Å². The highest BCUT2D eigenvalue weighted by Crippen LogP contribution is 2.27. The lowest BCUT2D eigenvalue weighted by atomic mass is 10.3. The first-order valence-corrected chi connectivity index (χ1v) is 8.78. The van der Waals surface area contributed by atoms with Crippen molar-refractivity contribution < 1.29 is 14.3 Å². The van der Waals surface area contributed by atoms with Gasteiger partial charge in [0.2, 0.25) is 11.8 Å². The minimum Gasteiger partial charge on any atom is -0.479 e. The zero-order chi connectivity index (χ0) is 18.3. The number of hydrogen-bond acceptors (Lipinski definition) is 5. The zero-order valence-corrected chi connectivity index (χ0v) is 15.0. The van der Waals surface area contributed by atoms with Crippen molar-refractivity contribution in [3.63, 3.8) is 0 Å². The molecule has 0 bridgehead atoms. The van der Waals surface area contributed by atoms with E-state index in [1.54, 1.807) is 33.9 Å². The summed E-state index contributed by atoms with van der Waals surface area (Å²) in [4.78, 5) is 28.2. The van der Waals surface area contributed by atoms with Crippen molar-refractivity contribution >= 4 is 17.5 Å². The molecule has 0 aromatic carbocycles. The standard InChI is InChI=1S/C17H22N6O3/c1-20-11-14(16(19-20)26-2)17(25)21-7-5-12(9-21)23-10-13(8-18-23)22-6-3-4-15(22)24/h8,10-12H,3-7,9H2,1-2H3. The van der Waals surface area contributed by atoms with Gasteiger partial charge in [-0.25, -0.2) is 0 Å². The summed E-state index contributed by atoms with van der Waals surface area (Å²) >= 11 is 0. The SMILES string of the molecule is COc1nn(C)cc1C(=O)N1CCC(n2cc(N3CCCC3=O)cn2)C1. The topological polar surface area (TPSA) is 85.5 Å². The Balaban J connectivity index is 1.46. The zero-order valence-electron chi connectivity index (χ0n) is 15.0. The van der Waals surface area contributed by atoms with Crippen molar-refractivity contribution in [2.45, 2.75) is 25.3 Å². The number of hydrogen-bond donors (Lipinski definition) is 0. The summed E-state index contributed by atoms with van der Waals surface area (Å²) in [5, 5.41) is 8.57. The van der Waals surface area contributed by atoms with Crippen molar-refractivity contribution in [1.29, 1.82) is 0 Å². The Bertz CT molecular complexity index is 841. The summed E-state index contributed by atoms with van der Waals surface area (Å²) in [5.74, 6) is 0.408. The van der Waals surface area contributed by atoms with E-state index in [-0.39, 0.29) is 17.9 Å². The second kappa shape index (κ2) is 6.47. The molecule has 2 saturated heterocycles. The molecule has 2 fully saturated rings. The summed E-state index contributed by atoms with van der Waals surface area (Å²) in [6, 6.07) is 0.105. The second-order valence-corrected chi connectivity index (χ2v) is 6.75. The lowest BCUT2D eigenvalue weighted by Gasteiger charge is -2.16. The van der Waals surface area contributed by atoms with Crippen LogP contribution in [0.4, 0.5) is 5.69 Å². The average Bonchev–Trinajstić information content (AvgIpc) is 3.39. The van der Waals surface area contributed by atoms with Crippen LogP contribution < -0.4 is 9.64 Å². The van der Waals surface area contributed by atoms with Crippen LogP contribution in [0.5, 0.6) is 5.88 Å². The van der Waals surface area contributed by atoms with Crippen molar-refractivity contribution in [2.75, 3.05) is 31.6 Å². The smallest absolute Gasteiger partial charge is 0.261 e. The summed E-state index contributed by atoms with van der Waals surface area (Å²) in [7, 11) is 3.27. The Hall–Kier alpha value is -2.84. The first-order chi connectivity index (χ1) is 12.6. The summed E-state index contributed by atoms with van der Waals surface area (Å²) in [6.07, 6.45) is 7.64. The summed E-state index contributed by atoms with van der Waals surface area (Å²) < 4.78 is 8.64. The number of likely N-dealkylation sites (tertiary alicyclic amines) is 1. The molecule has 2 aliphatic rings. The van der Waals surface area contributed by atoms with Crippen LogP contribution in [-0.2, 0) is 11.8 Å². The van der Waals surface area contributed by atoms with Gasteiger partial charge in [0.1, 0.15) is 5.56 Å². The van der Waals surface area contributed by atoms with Crippen LogP contribution in [0.1, 0.15) is 35.7 Å². The number of carbonyl (C=O) groups is 2. The quantitative estimate of drug-likeness (QED) is 0.808. The maximum Gasteiger partial charge on any atom is 0.261 e. The molecule has 0 saturated carbocycles. The maximum absolute atomic E-state index is 12.8. The predicted molar refractivity (Wildman–Crippen MR) is 93.1 cm³/mol. The summed E-state index contributed by atoms with van der Waals surface area (Å²) in [5.41, 5.74) is 1.31. The predicted octanol–water partition coefficient (Wildman–Crippen LogP) is 0.839. The molecule has 4 heterocycles. The highest BCUT2D eigenvalue weighted by molar-refractivity contribution is 5.96. The van der Waals surface area contributed by atoms with E-state index in [0.29, 0.717) is 31.0 Å². The molecule has 4 rings (SSSR count). The lowest BCUT2D eigenvalue weighted by Crippen LogP contribution is -2.29.